The van der Waals surface area contributed by atoms with Crippen LogP contribution >= 0.6 is 0 Å². The van der Waals surface area contributed by atoms with Crippen LogP contribution in [-0.2, 0) is 22.4 Å². The first-order valence-corrected chi connectivity index (χ1v) is 8.33. The number of amides is 1. The van der Waals surface area contributed by atoms with Gasteiger partial charge in [-0.25, -0.2) is 5.06 Å². The average molecular weight is 369 g/mol. The van der Waals surface area contributed by atoms with Gasteiger partial charge in [-0.1, -0.05) is 36.3 Å². The lowest BCUT2D eigenvalue weighted by atomic mass is 10.1. The van der Waals surface area contributed by atoms with Crippen molar-refractivity contribution >= 4 is 5.91 Å². The van der Waals surface area contributed by atoms with Crippen LogP contribution in [0.5, 0.6) is 0 Å². The van der Waals surface area contributed by atoms with E-state index in [0.29, 0.717) is 12.2 Å². The van der Waals surface area contributed by atoms with E-state index in [9.17, 15) is 18.0 Å². The zero-order valence-corrected chi connectivity index (χ0v) is 14.1. The Morgan fingerprint density at radius 1 is 1.31 bits per heavy atom. The summed E-state index contributed by atoms with van der Waals surface area (Å²) in [6.07, 6.45) is -2.13. The van der Waals surface area contributed by atoms with Gasteiger partial charge >= 0.3 is 12.1 Å². The summed E-state index contributed by atoms with van der Waals surface area (Å²) in [6.45, 7) is 2.67. The highest BCUT2D eigenvalue weighted by molar-refractivity contribution is 5.80. The number of halogens is 3. The fourth-order valence-corrected chi connectivity index (χ4v) is 2.30. The minimum atomic E-state index is -4.68. The lowest BCUT2D eigenvalue weighted by molar-refractivity contribution is -0.192. The normalized spacial score (nSPS) is 14.5. The van der Waals surface area contributed by atoms with Crippen LogP contribution in [0.4, 0.5) is 13.2 Å². The monoisotopic (exact) mass is 369 g/mol. The van der Waals surface area contributed by atoms with Crippen molar-refractivity contribution in [2.75, 3.05) is 6.61 Å². The van der Waals surface area contributed by atoms with Crippen LogP contribution in [0.15, 0.2) is 28.8 Å². The topological polar surface area (TPSA) is 68.5 Å². The molecule has 1 aromatic carbocycles. The molecule has 0 bridgehead atoms. The van der Waals surface area contributed by atoms with E-state index < -0.39 is 12.1 Å². The molecule has 0 aliphatic heterocycles. The van der Waals surface area contributed by atoms with Gasteiger partial charge in [-0.05, 0) is 24.8 Å². The maximum Gasteiger partial charge on any atom is 0.471 e. The summed E-state index contributed by atoms with van der Waals surface area (Å²) in [6, 6.07) is 6.56. The van der Waals surface area contributed by atoms with Gasteiger partial charge in [0.2, 0.25) is 11.7 Å². The Morgan fingerprint density at radius 3 is 2.54 bits per heavy atom. The van der Waals surface area contributed by atoms with E-state index in [-0.39, 0.29) is 24.2 Å². The molecule has 3 rings (SSSR count). The van der Waals surface area contributed by atoms with E-state index in [1.165, 1.54) is 5.06 Å². The number of rotatable bonds is 7. The second-order valence-corrected chi connectivity index (χ2v) is 6.10. The van der Waals surface area contributed by atoms with Crippen LogP contribution < -0.4 is 0 Å². The van der Waals surface area contributed by atoms with Gasteiger partial charge in [-0.3, -0.25) is 9.63 Å². The van der Waals surface area contributed by atoms with Gasteiger partial charge in [0.1, 0.15) is 0 Å². The Balaban J connectivity index is 1.69. The number of nitrogens with zero attached hydrogens (tertiary/aromatic N) is 3. The number of alkyl halides is 3. The molecule has 0 N–H and O–H groups in total. The maximum atomic E-state index is 12.5. The third-order valence-electron chi connectivity index (χ3n) is 3.83. The molecular weight excluding hydrogens is 351 g/mol. The number of hydroxylamine groups is 2. The Labute approximate surface area is 147 Å². The lowest BCUT2D eigenvalue weighted by Crippen LogP contribution is -2.32. The average Bonchev–Trinajstić information content (AvgIpc) is 3.33. The Kier molecular flexibility index (Phi) is 5.26. The minimum Gasteiger partial charge on any atom is -0.329 e. The fraction of sp³-hybridized carbons (Fsp3) is 0.471. The molecule has 9 heteroatoms. The predicted molar refractivity (Wildman–Crippen MR) is 84.3 cm³/mol. The van der Waals surface area contributed by atoms with Gasteiger partial charge in [0.25, 0.3) is 0 Å². The van der Waals surface area contributed by atoms with Crippen molar-refractivity contribution in [1.82, 2.24) is 15.2 Å². The molecule has 0 unspecified atom stereocenters. The summed E-state index contributed by atoms with van der Waals surface area (Å²) in [7, 11) is 0. The van der Waals surface area contributed by atoms with Crippen molar-refractivity contribution in [2.24, 2.45) is 5.92 Å². The van der Waals surface area contributed by atoms with E-state index in [2.05, 4.69) is 14.7 Å². The van der Waals surface area contributed by atoms with Crippen LogP contribution in [0.1, 0.15) is 37.6 Å². The van der Waals surface area contributed by atoms with Crippen molar-refractivity contribution < 1.29 is 27.3 Å². The van der Waals surface area contributed by atoms with Crippen LogP contribution in [0.2, 0.25) is 0 Å². The molecule has 1 aliphatic carbocycles. The van der Waals surface area contributed by atoms with Crippen molar-refractivity contribution in [3.8, 4) is 11.4 Å². The maximum absolute atomic E-state index is 12.5. The zero-order chi connectivity index (χ0) is 18.7. The molecule has 0 spiro atoms. The SMILES string of the molecule is CCCON(Cc1ccc(-c2noc(C(F)(F)F)n2)cc1)C(=O)C1CC1. The van der Waals surface area contributed by atoms with E-state index >= 15 is 0 Å². The van der Waals surface area contributed by atoms with Gasteiger partial charge in [-0.2, -0.15) is 18.2 Å². The molecule has 1 amide bonds. The molecule has 6 nitrogen and oxygen atoms in total. The third-order valence-corrected chi connectivity index (χ3v) is 3.83. The number of hydrogen-bond acceptors (Lipinski definition) is 5. The number of aromatic nitrogens is 2. The first-order valence-electron chi connectivity index (χ1n) is 8.33. The number of carbonyl (C=O) groups excluding carboxylic acids is 1. The first-order chi connectivity index (χ1) is 12.4. The second-order valence-electron chi connectivity index (χ2n) is 6.10. The molecular formula is C17H18F3N3O3. The second kappa shape index (κ2) is 7.45. The van der Waals surface area contributed by atoms with E-state index in [4.69, 9.17) is 4.84 Å². The number of carbonyl (C=O) groups is 1. The van der Waals surface area contributed by atoms with Gasteiger partial charge in [0, 0.05) is 11.5 Å². The molecule has 0 saturated heterocycles. The van der Waals surface area contributed by atoms with E-state index in [1.54, 1.807) is 24.3 Å². The number of benzene rings is 1. The highest BCUT2D eigenvalue weighted by Gasteiger charge is 2.38. The van der Waals surface area contributed by atoms with Crippen LogP contribution in [0.25, 0.3) is 11.4 Å². The van der Waals surface area contributed by atoms with Crippen LogP contribution in [0, 0.1) is 5.92 Å². The van der Waals surface area contributed by atoms with E-state index in [1.807, 2.05) is 6.92 Å². The van der Waals surface area contributed by atoms with Crippen molar-refractivity contribution in [1.29, 1.82) is 0 Å². The summed E-state index contributed by atoms with van der Waals surface area (Å²) < 4.78 is 41.8. The molecule has 0 radical (unpaired) electrons. The van der Waals surface area contributed by atoms with Crippen LogP contribution in [0.3, 0.4) is 0 Å². The van der Waals surface area contributed by atoms with Crippen molar-refractivity contribution in [3.05, 3.63) is 35.7 Å². The summed E-state index contributed by atoms with van der Waals surface area (Å²) in [4.78, 5) is 21.1. The molecule has 1 fully saturated rings. The predicted octanol–water partition coefficient (Wildman–Crippen LogP) is 3.84. The lowest BCUT2D eigenvalue weighted by Gasteiger charge is -2.21. The first kappa shape index (κ1) is 18.4. The molecule has 26 heavy (non-hydrogen) atoms. The Morgan fingerprint density at radius 2 is 2.00 bits per heavy atom. The van der Waals surface area contributed by atoms with Gasteiger partial charge in [0.05, 0.1) is 13.2 Å². The third kappa shape index (κ3) is 4.40. The highest BCUT2D eigenvalue weighted by atomic mass is 19.4. The molecule has 1 aliphatic rings. The molecule has 140 valence electrons. The molecule has 1 heterocycles. The molecule has 1 saturated carbocycles. The van der Waals surface area contributed by atoms with Crippen LogP contribution in [-0.4, -0.2) is 27.7 Å². The standard InChI is InChI=1S/C17H18F3N3O3/c1-2-9-25-23(15(24)13-7-8-13)10-11-3-5-12(6-4-11)14-21-16(26-22-14)17(18,19)20/h3-6,13H,2,7-10H2,1H3. The Bertz CT molecular complexity index is 755. The summed E-state index contributed by atoms with van der Waals surface area (Å²) >= 11 is 0. The van der Waals surface area contributed by atoms with Crippen molar-refractivity contribution in [2.45, 2.75) is 38.9 Å². The molecule has 0 atom stereocenters. The minimum absolute atomic E-state index is 0.0319. The summed E-state index contributed by atoms with van der Waals surface area (Å²) in [5.74, 6) is -1.52. The Hall–Kier alpha value is -2.42. The van der Waals surface area contributed by atoms with Gasteiger partial charge in [0.15, 0.2) is 0 Å². The quantitative estimate of drug-likeness (QED) is 0.694. The summed E-state index contributed by atoms with van der Waals surface area (Å²) in [5.41, 5.74) is 1.18. The molecule has 2 aromatic rings. The highest BCUT2D eigenvalue weighted by Crippen LogP contribution is 2.32. The van der Waals surface area contributed by atoms with Gasteiger partial charge in [-0.15, -0.1) is 0 Å². The van der Waals surface area contributed by atoms with Gasteiger partial charge < -0.3 is 4.52 Å². The fourth-order valence-electron chi connectivity index (χ4n) is 2.30. The smallest absolute Gasteiger partial charge is 0.329 e. The number of hydrogen-bond donors (Lipinski definition) is 0. The largest absolute Gasteiger partial charge is 0.471 e. The van der Waals surface area contributed by atoms with Crippen molar-refractivity contribution in [3.63, 3.8) is 0 Å². The zero-order valence-electron chi connectivity index (χ0n) is 14.1. The molecule has 1 aromatic heterocycles. The summed E-state index contributed by atoms with van der Waals surface area (Å²) in [5, 5.41) is 4.72. The van der Waals surface area contributed by atoms with E-state index in [0.717, 1.165) is 24.8 Å².